The Morgan fingerprint density at radius 2 is 2.03 bits per heavy atom. The van der Waals surface area contributed by atoms with Crippen molar-refractivity contribution in [1.82, 2.24) is 19.7 Å². The number of hydrogen-bond donors (Lipinski definition) is 4. The number of carbonyl (C=O) groups is 1. The van der Waals surface area contributed by atoms with Crippen molar-refractivity contribution in [2.75, 3.05) is 6.61 Å². The number of aromatic nitrogens is 3. The van der Waals surface area contributed by atoms with Crippen LogP contribution in [0.2, 0.25) is 5.02 Å². The molecule has 2 aromatic rings. The Balaban J connectivity index is 1.99. The molecule has 176 valence electrons. The summed E-state index contributed by atoms with van der Waals surface area (Å²) in [5.74, 6) is 0.513. The summed E-state index contributed by atoms with van der Waals surface area (Å²) in [5, 5.41) is 38.0. The zero-order valence-corrected chi connectivity index (χ0v) is 19.5. The van der Waals surface area contributed by atoms with Crippen LogP contribution in [0.4, 0.5) is 0 Å². The summed E-state index contributed by atoms with van der Waals surface area (Å²) in [5.41, 5.74) is 0. The highest BCUT2D eigenvalue weighted by molar-refractivity contribution is 7.71. The van der Waals surface area contributed by atoms with Crippen molar-refractivity contribution in [1.29, 1.82) is 0 Å². The van der Waals surface area contributed by atoms with E-state index in [0.29, 0.717) is 16.6 Å². The fraction of sp³-hybridized carbons (Fsp3) is 0.550. The average molecular weight is 487 g/mol. The Kier molecular flexibility index (Phi) is 7.91. The van der Waals surface area contributed by atoms with Gasteiger partial charge in [-0.25, -0.2) is 4.68 Å². The van der Waals surface area contributed by atoms with E-state index in [9.17, 15) is 20.1 Å². The Hall–Kier alpha value is -2.02. The molecular weight excluding hydrogens is 460 g/mol. The van der Waals surface area contributed by atoms with E-state index in [4.69, 9.17) is 33.3 Å². The zero-order chi connectivity index (χ0) is 23.6. The highest BCUT2D eigenvalue weighted by atomic mass is 35.5. The molecule has 1 fully saturated rings. The van der Waals surface area contributed by atoms with Crippen molar-refractivity contribution in [3.8, 4) is 5.75 Å². The third-order valence-corrected chi connectivity index (χ3v) is 5.82. The van der Waals surface area contributed by atoms with Gasteiger partial charge in [0.1, 0.15) is 36.7 Å². The minimum absolute atomic E-state index is 0.0463. The summed E-state index contributed by atoms with van der Waals surface area (Å²) in [4.78, 5) is 11.7. The lowest BCUT2D eigenvalue weighted by Gasteiger charge is -2.42. The molecule has 1 aromatic heterocycles. The Labute approximate surface area is 195 Å². The first-order valence-corrected chi connectivity index (χ1v) is 10.9. The Morgan fingerprint density at radius 3 is 2.62 bits per heavy atom. The van der Waals surface area contributed by atoms with Gasteiger partial charge in [0.2, 0.25) is 10.7 Å². The van der Waals surface area contributed by atoms with E-state index in [0.717, 1.165) is 0 Å². The lowest BCUT2D eigenvalue weighted by molar-refractivity contribution is -0.219. The van der Waals surface area contributed by atoms with Gasteiger partial charge in [-0.05, 0) is 38.2 Å². The van der Waals surface area contributed by atoms with Crippen molar-refractivity contribution < 1.29 is 29.6 Å². The monoisotopic (exact) mass is 486 g/mol. The molecule has 0 spiro atoms. The van der Waals surface area contributed by atoms with Crippen LogP contribution in [0.15, 0.2) is 24.3 Å². The average Bonchev–Trinajstić information content (AvgIpc) is 3.07. The first-order valence-electron chi connectivity index (χ1n) is 10.1. The predicted octanol–water partition coefficient (Wildman–Crippen LogP) is 1.34. The van der Waals surface area contributed by atoms with Crippen LogP contribution in [0.25, 0.3) is 0 Å². The number of hydrogen-bond acceptors (Lipinski definition) is 8. The fourth-order valence-electron chi connectivity index (χ4n) is 3.62. The maximum Gasteiger partial charge on any atom is 0.217 e. The summed E-state index contributed by atoms with van der Waals surface area (Å²) >= 11 is 11.8. The van der Waals surface area contributed by atoms with Gasteiger partial charge in [0.25, 0.3) is 0 Å². The Morgan fingerprint density at radius 1 is 1.34 bits per heavy atom. The van der Waals surface area contributed by atoms with Crippen LogP contribution in [0.1, 0.15) is 38.9 Å². The number of benzene rings is 1. The van der Waals surface area contributed by atoms with Crippen LogP contribution in [0.3, 0.4) is 0 Å². The SMILES string of the molecule is CC(=O)N[C@H]1[C@H](O)[C@H](O)[C@H](CO)O[C@@H]1n1nc(COc2ccccc2Cl)n(C(C)C)c1=S. The van der Waals surface area contributed by atoms with Crippen LogP contribution < -0.4 is 10.1 Å². The van der Waals surface area contributed by atoms with Gasteiger partial charge in [0.15, 0.2) is 12.1 Å². The molecule has 0 radical (unpaired) electrons. The number of para-hydroxylation sites is 1. The van der Waals surface area contributed by atoms with Gasteiger partial charge in [0.05, 0.1) is 11.6 Å². The second-order valence-corrected chi connectivity index (χ2v) is 8.55. The molecule has 0 unspecified atom stereocenters. The third kappa shape index (κ3) is 4.98. The number of halogens is 1. The van der Waals surface area contributed by atoms with E-state index in [1.165, 1.54) is 11.6 Å². The molecular formula is C20H27ClN4O6S. The number of aliphatic hydroxyl groups is 3. The molecule has 32 heavy (non-hydrogen) atoms. The molecule has 0 saturated carbocycles. The van der Waals surface area contributed by atoms with Gasteiger partial charge in [-0.2, -0.15) is 5.10 Å². The van der Waals surface area contributed by atoms with Crippen LogP contribution in [0.5, 0.6) is 5.75 Å². The minimum atomic E-state index is -1.41. The molecule has 4 N–H and O–H groups in total. The van der Waals surface area contributed by atoms with E-state index in [1.807, 2.05) is 13.8 Å². The second kappa shape index (κ2) is 10.3. The van der Waals surface area contributed by atoms with E-state index in [-0.39, 0.29) is 17.4 Å². The van der Waals surface area contributed by atoms with E-state index < -0.39 is 43.1 Å². The van der Waals surface area contributed by atoms with Crippen molar-refractivity contribution in [2.45, 2.75) is 64.0 Å². The summed E-state index contributed by atoms with van der Waals surface area (Å²) in [6.45, 7) is 4.63. The van der Waals surface area contributed by atoms with Gasteiger partial charge in [-0.3, -0.25) is 9.36 Å². The molecule has 2 heterocycles. The quantitative estimate of drug-likeness (QED) is 0.431. The number of ether oxygens (including phenoxy) is 2. The Bertz CT molecular complexity index is 1010. The largest absolute Gasteiger partial charge is 0.484 e. The zero-order valence-electron chi connectivity index (χ0n) is 17.9. The molecule has 0 aliphatic carbocycles. The fourth-order valence-corrected chi connectivity index (χ4v) is 4.27. The van der Waals surface area contributed by atoms with Crippen molar-refractivity contribution in [3.63, 3.8) is 0 Å². The van der Waals surface area contributed by atoms with E-state index in [1.54, 1.807) is 28.8 Å². The normalized spacial score (nSPS) is 25.7. The number of amides is 1. The van der Waals surface area contributed by atoms with Gasteiger partial charge in [-0.1, -0.05) is 23.7 Å². The van der Waals surface area contributed by atoms with Crippen LogP contribution in [-0.4, -0.2) is 66.5 Å². The standard InChI is InChI=1S/C20H27ClN4O6S/c1-10(2)24-15(9-30-13-7-5-4-6-12(13)21)23-25(20(24)32)19-16(22-11(3)27)18(29)17(28)14(8-26)31-19/h4-7,10,14,16-19,26,28-29H,8-9H2,1-3H3,(H,22,27)/t14-,16-,17+,18-,19-/m0/s1. The molecule has 10 nitrogen and oxygen atoms in total. The van der Waals surface area contributed by atoms with Gasteiger partial charge in [-0.15, -0.1) is 0 Å². The number of rotatable bonds is 7. The van der Waals surface area contributed by atoms with Crippen molar-refractivity contribution in [3.05, 3.63) is 39.9 Å². The summed E-state index contributed by atoms with van der Waals surface area (Å²) in [6, 6.07) is 5.89. The molecule has 5 atom stereocenters. The molecule has 1 aliphatic heterocycles. The molecule has 0 bridgehead atoms. The predicted molar refractivity (Wildman–Crippen MR) is 118 cm³/mol. The highest BCUT2D eigenvalue weighted by Crippen LogP contribution is 2.30. The van der Waals surface area contributed by atoms with Gasteiger partial charge < -0.3 is 30.1 Å². The van der Waals surface area contributed by atoms with Crippen molar-refractivity contribution in [2.24, 2.45) is 0 Å². The summed E-state index contributed by atoms with van der Waals surface area (Å²) < 4.78 is 15.0. The summed E-state index contributed by atoms with van der Waals surface area (Å²) in [7, 11) is 0. The van der Waals surface area contributed by atoms with Crippen LogP contribution in [0, 0.1) is 4.77 Å². The van der Waals surface area contributed by atoms with Crippen molar-refractivity contribution >= 4 is 29.7 Å². The topological polar surface area (TPSA) is 131 Å². The van der Waals surface area contributed by atoms with Crippen LogP contribution >= 0.6 is 23.8 Å². The maximum absolute atomic E-state index is 11.7. The molecule has 12 heteroatoms. The number of carbonyl (C=O) groups excluding carboxylic acids is 1. The highest BCUT2D eigenvalue weighted by Gasteiger charge is 2.46. The minimum Gasteiger partial charge on any atom is -0.484 e. The molecule has 1 saturated heterocycles. The van der Waals surface area contributed by atoms with Crippen LogP contribution in [-0.2, 0) is 16.1 Å². The summed E-state index contributed by atoms with van der Waals surface area (Å²) in [6.07, 6.45) is -4.98. The number of nitrogens with one attached hydrogen (secondary N) is 1. The van der Waals surface area contributed by atoms with E-state index in [2.05, 4.69) is 10.4 Å². The third-order valence-electron chi connectivity index (χ3n) is 5.12. The number of nitrogens with zero attached hydrogens (tertiary/aromatic N) is 3. The maximum atomic E-state index is 11.7. The van der Waals surface area contributed by atoms with Gasteiger partial charge >= 0.3 is 0 Å². The number of aliphatic hydroxyl groups excluding tert-OH is 3. The van der Waals surface area contributed by atoms with E-state index >= 15 is 0 Å². The molecule has 1 aliphatic rings. The first kappa shape index (κ1) is 24.6. The van der Waals surface area contributed by atoms with Gasteiger partial charge in [0, 0.05) is 13.0 Å². The molecule has 1 amide bonds. The second-order valence-electron chi connectivity index (χ2n) is 7.78. The lowest BCUT2D eigenvalue weighted by atomic mass is 9.96. The smallest absolute Gasteiger partial charge is 0.217 e. The first-order chi connectivity index (χ1) is 15.1. The molecule has 1 aromatic carbocycles. The molecule has 3 rings (SSSR count). The lowest BCUT2D eigenvalue weighted by Crippen LogP contribution is -2.62.